The maximum absolute atomic E-state index is 12.1. The third kappa shape index (κ3) is 9.24. The Hall–Kier alpha value is -4.48. The Morgan fingerprint density at radius 2 is 1.92 bits per heavy atom. The topological polar surface area (TPSA) is 146 Å². The van der Waals surface area contributed by atoms with Crippen molar-refractivity contribution < 1.29 is 18.0 Å². The number of nitrogen functional groups attached to an aromatic ring is 1. The van der Waals surface area contributed by atoms with Crippen LogP contribution in [0.25, 0.3) is 5.82 Å². The van der Waals surface area contributed by atoms with Crippen molar-refractivity contribution in [2.45, 2.75) is 39.3 Å². The van der Waals surface area contributed by atoms with Crippen molar-refractivity contribution in [2.24, 2.45) is 0 Å². The predicted octanol–water partition coefficient (Wildman–Crippen LogP) is 5.86. The highest BCUT2D eigenvalue weighted by atomic mass is 19.4. The number of benzene rings is 1. The van der Waals surface area contributed by atoms with Gasteiger partial charge < -0.3 is 27.2 Å². The van der Waals surface area contributed by atoms with E-state index in [1.54, 1.807) is 73.3 Å². The van der Waals surface area contributed by atoms with Crippen molar-refractivity contribution in [3.8, 4) is 5.82 Å². The second kappa shape index (κ2) is 13.6. The lowest BCUT2D eigenvalue weighted by molar-refractivity contribution is -0.135. The zero-order valence-electron chi connectivity index (χ0n) is 20.4. The fourth-order valence-electron chi connectivity index (χ4n) is 2.91. The summed E-state index contributed by atoms with van der Waals surface area (Å²) in [6, 6.07) is 12.2. The van der Waals surface area contributed by atoms with Crippen molar-refractivity contribution in [3.63, 3.8) is 0 Å². The fraction of sp³-hybridized carbons (Fsp3) is 0.240. The van der Waals surface area contributed by atoms with Crippen LogP contribution >= 0.6 is 0 Å². The van der Waals surface area contributed by atoms with Crippen molar-refractivity contribution in [1.29, 1.82) is 10.8 Å². The van der Waals surface area contributed by atoms with Gasteiger partial charge in [0.25, 0.3) is 5.91 Å². The number of nitrogens with one attached hydrogen (secondary N) is 4. The van der Waals surface area contributed by atoms with E-state index in [0.717, 1.165) is 11.9 Å². The van der Waals surface area contributed by atoms with Gasteiger partial charge in [-0.3, -0.25) is 4.79 Å². The molecular weight excluding hydrogens is 485 g/mol. The number of nitrogens with zero attached hydrogens (tertiary/aromatic N) is 3. The molecule has 0 bridgehead atoms. The number of rotatable bonds is 9. The highest BCUT2D eigenvalue weighted by Crippen LogP contribution is 2.22. The molecule has 0 aliphatic carbocycles. The van der Waals surface area contributed by atoms with Crippen molar-refractivity contribution in [2.75, 3.05) is 16.4 Å². The molecule has 0 spiro atoms. The minimum atomic E-state index is -3.95. The van der Waals surface area contributed by atoms with Gasteiger partial charge in [-0.25, -0.2) is 9.67 Å². The lowest BCUT2D eigenvalue weighted by Gasteiger charge is -2.07. The fourth-order valence-corrected chi connectivity index (χ4v) is 2.91. The van der Waals surface area contributed by atoms with Gasteiger partial charge in [-0.2, -0.15) is 13.2 Å². The maximum Gasteiger partial charge on any atom is 0.389 e. The molecule has 0 fully saturated rings. The minimum absolute atomic E-state index is 0.246. The molecule has 6 N–H and O–H groups in total. The molecule has 0 unspecified atom stereocenters. The van der Waals surface area contributed by atoms with Crippen LogP contribution in [0.15, 0.2) is 60.3 Å². The second-order valence-electron chi connectivity index (χ2n) is 7.70. The number of amides is 1. The van der Waals surface area contributed by atoms with Gasteiger partial charge in [-0.1, -0.05) is 25.5 Å². The first-order valence-electron chi connectivity index (χ1n) is 11.3. The van der Waals surface area contributed by atoms with Gasteiger partial charge in [0.2, 0.25) is 0 Å². The Balaban J connectivity index is 0.000000521. The lowest BCUT2D eigenvalue weighted by Crippen LogP contribution is -2.16. The summed E-state index contributed by atoms with van der Waals surface area (Å²) in [7, 11) is 0. The number of alkyl halides is 3. The summed E-state index contributed by atoms with van der Waals surface area (Å²) in [5.74, 6) is 1.06. The highest BCUT2D eigenvalue weighted by Gasteiger charge is 2.25. The Labute approximate surface area is 212 Å². The van der Waals surface area contributed by atoms with E-state index in [1.165, 1.54) is 6.21 Å². The van der Waals surface area contributed by atoms with Gasteiger partial charge >= 0.3 is 6.18 Å². The average Bonchev–Trinajstić information content (AvgIpc) is 3.33. The third-order valence-electron chi connectivity index (χ3n) is 4.86. The molecular formula is C25H29F3N8O. The van der Waals surface area contributed by atoms with Crippen molar-refractivity contribution >= 4 is 41.3 Å². The van der Waals surface area contributed by atoms with Crippen LogP contribution in [0.3, 0.4) is 0 Å². The number of unbranched alkanes of at least 4 members (excludes halogenated alkanes) is 1. The molecule has 3 aromatic rings. The van der Waals surface area contributed by atoms with E-state index < -0.39 is 18.5 Å². The molecule has 0 atom stereocenters. The first-order valence-corrected chi connectivity index (χ1v) is 11.3. The molecule has 9 nitrogen and oxygen atoms in total. The summed E-state index contributed by atoms with van der Waals surface area (Å²) >= 11 is 0. The van der Waals surface area contributed by atoms with Gasteiger partial charge in [-0.15, -0.1) is 5.10 Å². The SMILES string of the molecule is C/C=C(\C=N)C(=O)Nc1cccc(-n2ccc(Nc3ccc(N)c(C=N)c3)n2)n1.CCCCC(F)(F)F. The van der Waals surface area contributed by atoms with E-state index in [9.17, 15) is 18.0 Å². The minimum Gasteiger partial charge on any atom is -0.398 e. The zero-order chi connectivity index (χ0) is 27.4. The summed E-state index contributed by atoms with van der Waals surface area (Å²) < 4.78 is 35.3. The number of aromatic nitrogens is 3. The van der Waals surface area contributed by atoms with Crippen LogP contribution in [0.2, 0.25) is 0 Å². The number of carbonyl (C=O) groups excluding carboxylic acids is 1. The van der Waals surface area contributed by atoms with Gasteiger partial charge in [-0.05, 0) is 43.7 Å². The number of halogens is 3. The van der Waals surface area contributed by atoms with Crippen LogP contribution in [0, 0.1) is 10.8 Å². The van der Waals surface area contributed by atoms with Gasteiger partial charge in [0, 0.05) is 48.1 Å². The molecule has 37 heavy (non-hydrogen) atoms. The first kappa shape index (κ1) is 28.8. The molecule has 12 heteroatoms. The molecule has 0 radical (unpaired) electrons. The molecule has 1 aromatic carbocycles. The molecule has 196 valence electrons. The highest BCUT2D eigenvalue weighted by molar-refractivity contribution is 6.16. The normalized spacial score (nSPS) is 11.2. The van der Waals surface area contributed by atoms with E-state index >= 15 is 0 Å². The van der Waals surface area contributed by atoms with Crippen LogP contribution in [0.5, 0.6) is 0 Å². The second-order valence-corrected chi connectivity index (χ2v) is 7.70. The monoisotopic (exact) mass is 514 g/mol. The van der Waals surface area contributed by atoms with E-state index in [0.29, 0.717) is 35.1 Å². The van der Waals surface area contributed by atoms with Crippen LogP contribution in [-0.2, 0) is 4.79 Å². The molecule has 2 aromatic heterocycles. The van der Waals surface area contributed by atoms with Crippen LogP contribution in [0.4, 0.5) is 36.2 Å². The average molecular weight is 515 g/mol. The lowest BCUT2D eigenvalue weighted by atomic mass is 10.2. The number of hydrogen-bond donors (Lipinski definition) is 5. The van der Waals surface area contributed by atoms with Gasteiger partial charge in [0.1, 0.15) is 5.82 Å². The Bertz CT molecular complexity index is 1250. The largest absolute Gasteiger partial charge is 0.398 e. The molecule has 3 rings (SSSR count). The van der Waals surface area contributed by atoms with E-state index in [2.05, 4.69) is 20.7 Å². The zero-order valence-corrected chi connectivity index (χ0v) is 20.4. The molecule has 0 aliphatic heterocycles. The Morgan fingerprint density at radius 3 is 2.51 bits per heavy atom. The van der Waals surface area contributed by atoms with E-state index in [4.69, 9.17) is 16.6 Å². The van der Waals surface area contributed by atoms with Crippen LogP contribution in [0.1, 0.15) is 38.7 Å². The smallest absolute Gasteiger partial charge is 0.389 e. The third-order valence-corrected chi connectivity index (χ3v) is 4.86. The first-order chi connectivity index (χ1) is 17.6. The number of carbonyl (C=O) groups is 1. The van der Waals surface area contributed by atoms with Crippen molar-refractivity contribution in [3.05, 3.63) is 65.9 Å². The van der Waals surface area contributed by atoms with Crippen LogP contribution < -0.4 is 16.4 Å². The summed E-state index contributed by atoms with van der Waals surface area (Å²) in [6.07, 6.45) is 1.76. The Kier molecular flexibility index (Phi) is 10.5. The summed E-state index contributed by atoms with van der Waals surface area (Å²) in [5, 5.41) is 24.9. The number of hydrogen-bond acceptors (Lipinski definition) is 7. The Morgan fingerprint density at radius 1 is 1.16 bits per heavy atom. The van der Waals surface area contributed by atoms with E-state index in [-0.39, 0.29) is 12.0 Å². The summed E-state index contributed by atoms with van der Waals surface area (Å²) in [5.41, 5.74) is 7.95. The number of anilines is 4. The molecule has 1 amide bonds. The molecule has 0 saturated carbocycles. The summed E-state index contributed by atoms with van der Waals surface area (Å²) in [6.45, 7) is 3.43. The summed E-state index contributed by atoms with van der Waals surface area (Å²) in [4.78, 5) is 16.5. The molecule has 2 heterocycles. The molecule has 0 aliphatic rings. The standard InChI is InChI=1S/C20H20N8O.C5H9F3/c1-2-13(11-21)20(29)26-17-4-3-5-19(25-17)28-9-8-18(27-28)24-15-6-7-16(23)14(10-15)12-22;1-2-3-4-5(6,7)8/h2-12,21-22H,23H2,1H3,(H,24,27)(H,25,26,29);2-4H2,1H3/b13-2+,21-11?,22-12?;. The van der Waals surface area contributed by atoms with Crippen molar-refractivity contribution in [1.82, 2.24) is 14.8 Å². The number of pyridine rings is 1. The van der Waals surface area contributed by atoms with Gasteiger partial charge in [0.15, 0.2) is 11.6 Å². The molecule has 0 saturated heterocycles. The quantitative estimate of drug-likeness (QED) is 0.138. The number of nitrogens with two attached hydrogens (primary N) is 1. The maximum atomic E-state index is 12.1. The van der Waals surface area contributed by atoms with Gasteiger partial charge in [0.05, 0.1) is 5.57 Å². The number of allylic oxidation sites excluding steroid dienone is 1. The van der Waals surface area contributed by atoms with Crippen LogP contribution in [-0.4, -0.2) is 39.3 Å². The predicted molar refractivity (Wildman–Crippen MR) is 140 cm³/mol. The van der Waals surface area contributed by atoms with E-state index in [1.807, 2.05) is 0 Å².